The smallest absolute Gasteiger partial charge is 0.327 e. The predicted octanol–water partition coefficient (Wildman–Crippen LogP) is -1.01. The predicted molar refractivity (Wildman–Crippen MR) is 45.5 cm³/mol. The second-order valence-electron chi connectivity index (χ2n) is 1.97. The lowest BCUT2D eigenvalue weighted by atomic mass is 10.3. The van der Waals surface area contributed by atoms with Crippen molar-refractivity contribution in [1.82, 2.24) is 0 Å². The zero-order valence-corrected chi connectivity index (χ0v) is 7.03. The van der Waals surface area contributed by atoms with E-state index in [1.165, 1.54) is 0 Å². The monoisotopic (exact) mass is 188 g/mol. The lowest BCUT2D eigenvalue weighted by molar-refractivity contribution is -0.131. The van der Waals surface area contributed by atoms with Crippen LogP contribution in [0.2, 0.25) is 0 Å². The van der Waals surface area contributed by atoms with Crippen LogP contribution in [0.15, 0.2) is 12.7 Å². The van der Waals surface area contributed by atoms with Crippen LogP contribution in [0.5, 0.6) is 0 Å². The van der Waals surface area contributed by atoms with Gasteiger partial charge >= 0.3 is 5.97 Å². The summed E-state index contributed by atoms with van der Waals surface area (Å²) in [5.41, 5.74) is 9.39. The van der Waals surface area contributed by atoms with Crippen LogP contribution >= 0.6 is 0 Å². The molecule has 2 amide bonds. The Hall–Kier alpha value is -1.85. The van der Waals surface area contributed by atoms with Gasteiger partial charge in [0.15, 0.2) is 0 Å². The van der Waals surface area contributed by atoms with E-state index in [0.717, 1.165) is 6.08 Å². The molecule has 0 aliphatic carbocycles. The second kappa shape index (κ2) is 8.25. The molecule has 6 nitrogen and oxygen atoms in total. The average Bonchev–Trinajstić information content (AvgIpc) is 2.02. The van der Waals surface area contributed by atoms with Gasteiger partial charge in [0.2, 0.25) is 11.8 Å². The third kappa shape index (κ3) is 25.4. The van der Waals surface area contributed by atoms with Crippen molar-refractivity contribution in [3.63, 3.8) is 0 Å². The summed E-state index contributed by atoms with van der Waals surface area (Å²) in [4.78, 5) is 29.1. The van der Waals surface area contributed by atoms with E-state index in [2.05, 4.69) is 6.58 Å². The Morgan fingerprint density at radius 2 is 1.38 bits per heavy atom. The zero-order chi connectivity index (χ0) is 10.9. The summed E-state index contributed by atoms with van der Waals surface area (Å²) in [5, 5.41) is 7.60. The standard InChI is InChI=1S/C4H8N2O2.C3H4O2/c5-3(7)1-2-4(6)8;1-2-3(4)5/h1-2H2,(H2,5,7)(H2,6,8);2H,1H2,(H,4,5). The molecule has 0 unspecified atom stereocenters. The van der Waals surface area contributed by atoms with Crippen molar-refractivity contribution in [2.75, 3.05) is 0 Å². The molecule has 0 fully saturated rings. The Labute approximate surface area is 75.2 Å². The highest BCUT2D eigenvalue weighted by molar-refractivity contribution is 5.81. The molecule has 0 aliphatic rings. The van der Waals surface area contributed by atoms with Crippen LogP contribution < -0.4 is 11.5 Å². The molecule has 5 N–H and O–H groups in total. The molecule has 0 heterocycles. The fraction of sp³-hybridized carbons (Fsp3) is 0.286. The summed E-state index contributed by atoms with van der Waals surface area (Å²) in [5.74, 6) is -1.97. The highest BCUT2D eigenvalue weighted by Gasteiger charge is 1.96. The van der Waals surface area contributed by atoms with Crippen molar-refractivity contribution < 1.29 is 19.5 Å². The van der Waals surface area contributed by atoms with Gasteiger partial charge in [-0.1, -0.05) is 6.58 Å². The summed E-state index contributed by atoms with van der Waals surface area (Å²) in [6.45, 7) is 2.96. The molecular weight excluding hydrogens is 176 g/mol. The summed E-state index contributed by atoms with van der Waals surface area (Å²) in [7, 11) is 0. The molecule has 6 heteroatoms. The van der Waals surface area contributed by atoms with Crippen molar-refractivity contribution in [3.8, 4) is 0 Å². The van der Waals surface area contributed by atoms with E-state index in [1.807, 2.05) is 0 Å². The number of amides is 2. The number of carbonyl (C=O) groups excluding carboxylic acids is 2. The van der Waals surface area contributed by atoms with Gasteiger partial charge in [-0.15, -0.1) is 0 Å². The SMILES string of the molecule is C=CC(=O)O.NC(=O)CCC(N)=O. The number of primary amides is 2. The number of carboxylic acid groups (broad SMARTS) is 1. The van der Waals surface area contributed by atoms with Crippen LogP contribution in [0.4, 0.5) is 0 Å². The molecule has 0 aliphatic heterocycles. The lowest BCUT2D eigenvalue weighted by Gasteiger charge is -1.87. The molecule has 0 saturated heterocycles. The molecular formula is C7H12N2O4. The van der Waals surface area contributed by atoms with Crippen LogP contribution in [0, 0.1) is 0 Å². The normalized spacial score (nSPS) is 7.69. The summed E-state index contributed by atoms with van der Waals surface area (Å²) in [6.07, 6.45) is 0.935. The van der Waals surface area contributed by atoms with Crippen LogP contribution in [0.3, 0.4) is 0 Å². The van der Waals surface area contributed by atoms with Crippen LogP contribution in [-0.2, 0) is 14.4 Å². The van der Waals surface area contributed by atoms with E-state index in [0.29, 0.717) is 0 Å². The van der Waals surface area contributed by atoms with E-state index in [1.54, 1.807) is 0 Å². The number of nitrogens with two attached hydrogens (primary N) is 2. The Bertz CT molecular complexity index is 199. The van der Waals surface area contributed by atoms with Crippen molar-refractivity contribution in [1.29, 1.82) is 0 Å². The first-order valence-electron chi connectivity index (χ1n) is 3.32. The van der Waals surface area contributed by atoms with Crippen molar-refractivity contribution in [2.24, 2.45) is 11.5 Å². The average molecular weight is 188 g/mol. The van der Waals surface area contributed by atoms with Gasteiger partial charge in [-0.25, -0.2) is 4.79 Å². The van der Waals surface area contributed by atoms with Gasteiger partial charge < -0.3 is 16.6 Å². The Kier molecular flexibility index (Phi) is 8.71. The van der Waals surface area contributed by atoms with E-state index in [9.17, 15) is 14.4 Å². The van der Waals surface area contributed by atoms with Crippen molar-refractivity contribution >= 4 is 17.8 Å². The van der Waals surface area contributed by atoms with Crippen molar-refractivity contribution in [2.45, 2.75) is 12.8 Å². The fourth-order valence-electron chi connectivity index (χ4n) is 0.246. The van der Waals surface area contributed by atoms with Crippen molar-refractivity contribution in [3.05, 3.63) is 12.7 Å². The summed E-state index contributed by atoms with van der Waals surface area (Å²) in [6, 6.07) is 0. The molecule has 0 spiro atoms. The molecule has 13 heavy (non-hydrogen) atoms. The van der Waals surface area contributed by atoms with Gasteiger partial charge in [0.25, 0.3) is 0 Å². The van der Waals surface area contributed by atoms with Gasteiger partial charge in [0, 0.05) is 18.9 Å². The van der Waals surface area contributed by atoms with E-state index >= 15 is 0 Å². The van der Waals surface area contributed by atoms with Gasteiger partial charge in [0.1, 0.15) is 0 Å². The van der Waals surface area contributed by atoms with Crippen LogP contribution in [0.25, 0.3) is 0 Å². The molecule has 74 valence electrons. The summed E-state index contributed by atoms with van der Waals surface area (Å²) >= 11 is 0. The molecule has 0 bridgehead atoms. The molecule has 0 aromatic carbocycles. The number of carboxylic acids is 1. The molecule has 0 saturated carbocycles. The number of hydrogen-bond acceptors (Lipinski definition) is 3. The lowest BCUT2D eigenvalue weighted by Crippen LogP contribution is -2.16. The molecule has 0 atom stereocenters. The van der Waals surface area contributed by atoms with Crippen LogP contribution in [-0.4, -0.2) is 22.9 Å². The van der Waals surface area contributed by atoms with Gasteiger partial charge in [0.05, 0.1) is 0 Å². The number of carbonyl (C=O) groups is 3. The minimum absolute atomic E-state index is 0.0509. The Morgan fingerprint density at radius 3 is 1.46 bits per heavy atom. The number of aliphatic carboxylic acids is 1. The number of rotatable bonds is 4. The third-order valence-electron chi connectivity index (χ3n) is 0.792. The Morgan fingerprint density at radius 1 is 1.15 bits per heavy atom. The largest absolute Gasteiger partial charge is 0.478 e. The maximum Gasteiger partial charge on any atom is 0.327 e. The Balaban J connectivity index is 0. The van der Waals surface area contributed by atoms with Gasteiger partial charge in [-0.05, 0) is 0 Å². The topological polar surface area (TPSA) is 123 Å². The van der Waals surface area contributed by atoms with E-state index < -0.39 is 17.8 Å². The van der Waals surface area contributed by atoms with Crippen LogP contribution in [0.1, 0.15) is 12.8 Å². The molecule has 0 rings (SSSR count). The summed E-state index contributed by atoms with van der Waals surface area (Å²) < 4.78 is 0. The highest BCUT2D eigenvalue weighted by Crippen LogP contribution is 1.82. The molecule has 0 radical (unpaired) electrons. The minimum Gasteiger partial charge on any atom is -0.478 e. The van der Waals surface area contributed by atoms with E-state index in [-0.39, 0.29) is 12.8 Å². The van der Waals surface area contributed by atoms with E-state index in [4.69, 9.17) is 16.6 Å². The highest BCUT2D eigenvalue weighted by atomic mass is 16.4. The fourth-order valence-corrected chi connectivity index (χ4v) is 0.246. The zero-order valence-electron chi connectivity index (χ0n) is 7.03. The maximum absolute atomic E-state index is 9.92. The molecule has 0 aromatic rings. The van der Waals surface area contributed by atoms with Gasteiger partial charge in [-0.3, -0.25) is 9.59 Å². The minimum atomic E-state index is -0.981. The molecule has 0 aromatic heterocycles. The first-order valence-corrected chi connectivity index (χ1v) is 3.32. The van der Waals surface area contributed by atoms with Gasteiger partial charge in [-0.2, -0.15) is 0 Å². The third-order valence-corrected chi connectivity index (χ3v) is 0.792. The second-order valence-corrected chi connectivity index (χ2v) is 1.97. The first-order chi connectivity index (χ1) is 5.90. The quantitative estimate of drug-likeness (QED) is 0.489. The first kappa shape index (κ1) is 13.7. The number of hydrogen-bond donors (Lipinski definition) is 3. The maximum atomic E-state index is 9.92.